The summed E-state index contributed by atoms with van der Waals surface area (Å²) in [5.41, 5.74) is 6.62. The highest BCUT2D eigenvalue weighted by molar-refractivity contribution is 7.93. The second-order valence-electron chi connectivity index (χ2n) is 4.08. The van der Waals surface area contributed by atoms with E-state index in [2.05, 4.69) is 14.9 Å². The number of anilines is 1. The van der Waals surface area contributed by atoms with E-state index in [1.54, 1.807) is 26.0 Å². The van der Waals surface area contributed by atoms with E-state index in [0.29, 0.717) is 16.1 Å². The van der Waals surface area contributed by atoms with Crippen molar-refractivity contribution in [2.75, 3.05) is 4.72 Å². The maximum Gasteiger partial charge on any atom is 0.263 e. The van der Waals surface area contributed by atoms with E-state index >= 15 is 0 Å². The van der Waals surface area contributed by atoms with Crippen LogP contribution in [0.3, 0.4) is 0 Å². The Morgan fingerprint density at radius 1 is 1.35 bits per heavy atom. The number of thiocarbonyl (C=S) groups is 1. The van der Waals surface area contributed by atoms with Crippen LogP contribution in [-0.2, 0) is 10.0 Å². The Morgan fingerprint density at radius 2 is 2.05 bits per heavy atom. The topological polar surface area (TPSA) is 98.0 Å². The summed E-state index contributed by atoms with van der Waals surface area (Å²) < 4.78 is 27.1. The number of nitrogens with two attached hydrogens (primary N) is 1. The molecule has 0 aliphatic heterocycles. The highest BCUT2D eigenvalue weighted by Gasteiger charge is 2.19. The van der Waals surface area contributed by atoms with Gasteiger partial charge >= 0.3 is 0 Å². The Morgan fingerprint density at radius 3 is 2.60 bits per heavy atom. The normalized spacial score (nSPS) is 11.3. The number of benzene rings is 1. The minimum absolute atomic E-state index is 0.121. The number of aryl methyl sites for hydroxylation is 2. The van der Waals surface area contributed by atoms with Crippen LogP contribution in [0.15, 0.2) is 23.1 Å². The summed E-state index contributed by atoms with van der Waals surface area (Å²) in [5, 5.41) is 8.41. The molecule has 1 heterocycles. The monoisotopic (exact) mass is 328 g/mol. The molecule has 0 aliphatic rings. The average Bonchev–Trinajstić information content (AvgIpc) is 2.73. The van der Waals surface area contributed by atoms with E-state index < -0.39 is 10.0 Å². The molecular weight excluding hydrogens is 316 g/mol. The standard InChI is InChI=1S/C11H12N4O2S3/c1-6-3-4-8(10(12)18)5-9(6)20(16,17)15-11-14-13-7(2)19-11/h3-5H,1-2H3,(H2,12,18)(H,14,15). The van der Waals surface area contributed by atoms with Gasteiger partial charge in [-0.3, -0.25) is 4.72 Å². The largest absolute Gasteiger partial charge is 0.389 e. The summed E-state index contributed by atoms with van der Waals surface area (Å²) in [5.74, 6) is 0. The van der Waals surface area contributed by atoms with Crippen molar-refractivity contribution >= 4 is 43.7 Å². The molecule has 9 heteroatoms. The molecule has 106 valence electrons. The lowest BCUT2D eigenvalue weighted by Gasteiger charge is -2.09. The molecule has 1 aromatic heterocycles. The maximum atomic E-state index is 12.4. The van der Waals surface area contributed by atoms with Gasteiger partial charge in [0.15, 0.2) is 0 Å². The van der Waals surface area contributed by atoms with Crippen molar-refractivity contribution in [1.82, 2.24) is 10.2 Å². The molecule has 0 atom stereocenters. The molecule has 3 N–H and O–H groups in total. The van der Waals surface area contributed by atoms with Crippen molar-refractivity contribution < 1.29 is 8.42 Å². The van der Waals surface area contributed by atoms with Gasteiger partial charge in [-0.1, -0.05) is 35.7 Å². The van der Waals surface area contributed by atoms with Crippen LogP contribution in [0.5, 0.6) is 0 Å². The van der Waals surface area contributed by atoms with E-state index in [0.717, 1.165) is 11.3 Å². The van der Waals surface area contributed by atoms with Gasteiger partial charge in [0, 0.05) is 5.56 Å². The fraction of sp³-hybridized carbons (Fsp3) is 0.182. The van der Waals surface area contributed by atoms with Crippen molar-refractivity contribution in [1.29, 1.82) is 0 Å². The predicted molar refractivity (Wildman–Crippen MR) is 82.5 cm³/mol. The molecule has 20 heavy (non-hydrogen) atoms. The van der Waals surface area contributed by atoms with Gasteiger partial charge in [-0.05, 0) is 25.5 Å². The third-order valence-corrected chi connectivity index (χ3v) is 5.11. The minimum atomic E-state index is -3.74. The molecule has 0 saturated heterocycles. The van der Waals surface area contributed by atoms with Gasteiger partial charge in [-0.25, -0.2) is 8.42 Å². The van der Waals surface area contributed by atoms with E-state index in [4.69, 9.17) is 18.0 Å². The highest BCUT2D eigenvalue weighted by Crippen LogP contribution is 2.22. The number of hydrogen-bond donors (Lipinski definition) is 2. The molecule has 0 unspecified atom stereocenters. The van der Waals surface area contributed by atoms with Crippen molar-refractivity contribution in [3.63, 3.8) is 0 Å². The molecule has 2 rings (SSSR count). The third-order valence-electron chi connectivity index (χ3n) is 2.51. The second kappa shape index (κ2) is 5.43. The van der Waals surface area contributed by atoms with E-state index in [1.165, 1.54) is 6.07 Å². The van der Waals surface area contributed by atoms with E-state index in [-0.39, 0.29) is 15.0 Å². The van der Waals surface area contributed by atoms with Crippen LogP contribution < -0.4 is 10.5 Å². The second-order valence-corrected chi connectivity index (χ2v) is 7.35. The molecule has 0 amide bonds. The predicted octanol–water partition coefficient (Wildman–Crippen LogP) is 1.59. The Kier molecular flexibility index (Phi) is 4.02. The first-order chi connectivity index (χ1) is 9.29. The van der Waals surface area contributed by atoms with Gasteiger partial charge in [0.1, 0.15) is 10.00 Å². The zero-order chi connectivity index (χ0) is 14.9. The summed E-state index contributed by atoms with van der Waals surface area (Å²) >= 11 is 6.03. The molecule has 2 aromatic rings. The van der Waals surface area contributed by atoms with Crippen molar-refractivity contribution in [2.24, 2.45) is 5.73 Å². The van der Waals surface area contributed by atoms with Crippen LogP contribution in [0.25, 0.3) is 0 Å². The molecule has 1 aromatic carbocycles. The molecule has 0 spiro atoms. The highest BCUT2D eigenvalue weighted by atomic mass is 32.2. The zero-order valence-electron chi connectivity index (χ0n) is 10.7. The van der Waals surface area contributed by atoms with Gasteiger partial charge in [0.2, 0.25) is 5.13 Å². The zero-order valence-corrected chi connectivity index (χ0v) is 13.2. The van der Waals surface area contributed by atoms with Crippen LogP contribution in [0, 0.1) is 13.8 Å². The van der Waals surface area contributed by atoms with Crippen LogP contribution >= 0.6 is 23.6 Å². The van der Waals surface area contributed by atoms with Crippen LogP contribution in [0.4, 0.5) is 5.13 Å². The molecule has 0 aliphatic carbocycles. The lowest BCUT2D eigenvalue weighted by molar-refractivity contribution is 0.600. The lowest BCUT2D eigenvalue weighted by atomic mass is 10.1. The van der Waals surface area contributed by atoms with Gasteiger partial charge < -0.3 is 5.73 Å². The van der Waals surface area contributed by atoms with Crippen LogP contribution in [-0.4, -0.2) is 23.6 Å². The Bertz CT molecular complexity index is 768. The van der Waals surface area contributed by atoms with Crippen molar-refractivity contribution in [3.05, 3.63) is 34.3 Å². The number of nitrogens with one attached hydrogen (secondary N) is 1. The number of nitrogens with zero attached hydrogens (tertiary/aromatic N) is 2. The Balaban J connectivity index is 2.43. The molecule has 0 fully saturated rings. The number of hydrogen-bond acceptors (Lipinski definition) is 6. The number of aromatic nitrogens is 2. The summed E-state index contributed by atoms with van der Waals surface area (Å²) in [7, 11) is -3.74. The first-order valence-electron chi connectivity index (χ1n) is 5.53. The third kappa shape index (κ3) is 3.11. The fourth-order valence-corrected chi connectivity index (χ4v) is 3.77. The summed E-state index contributed by atoms with van der Waals surface area (Å²) in [6, 6.07) is 4.80. The molecule has 0 saturated carbocycles. The molecule has 6 nitrogen and oxygen atoms in total. The summed E-state index contributed by atoms with van der Waals surface area (Å²) in [6.45, 7) is 3.44. The van der Waals surface area contributed by atoms with Gasteiger partial charge in [0.05, 0.1) is 4.90 Å². The Labute approximate surface area is 126 Å². The summed E-state index contributed by atoms with van der Waals surface area (Å²) in [6.07, 6.45) is 0. The van der Waals surface area contributed by atoms with E-state index in [9.17, 15) is 8.42 Å². The van der Waals surface area contributed by atoms with Crippen molar-refractivity contribution in [2.45, 2.75) is 18.7 Å². The number of rotatable bonds is 4. The average molecular weight is 328 g/mol. The first-order valence-corrected chi connectivity index (χ1v) is 8.24. The summed E-state index contributed by atoms with van der Waals surface area (Å²) in [4.78, 5) is 0.267. The Hall–Kier alpha value is -1.58. The smallest absolute Gasteiger partial charge is 0.263 e. The molecule has 0 bridgehead atoms. The van der Waals surface area contributed by atoms with Gasteiger partial charge in [-0.2, -0.15) is 0 Å². The molecular formula is C11H12N4O2S3. The van der Waals surface area contributed by atoms with Gasteiger partial charge in [-0.15, -0.1) is 10.2 Å². The van der Waals surface area contributed by atoms with Crippen LogP contribution in [0.2, 0.25) is 0 Å². The number of sulfonamides is 1. The van der Waals surface area contributed by atoms with Gasteiger partial charge in [0.25, 0.3) is 10.0 Å². The quantitative estimate of drug-likeness (QED) is 0.827. The van der Waals surface area contributed by atoms with E-state index in [1.807, 2.05) is 0 Å². The fourth-order valence-electron chi connectivity index (χ4n) is 1.55. The lowest BCUT2D eigenvalue weighted by Crippen LogP contribution is -2.16. The minimum Gasteiger partial charge on any atom is -0.389 e. The SMILES string of the molecule is Cc1nnc(NS(=O)(=O)c2cc(C(N)=S)ccc2C)s1. The van der Waals surface area contributed by atoms with Crippen molar-refractivity contribution in [3.8, 4) is 0 Å². The maximum absolute atomic E-state index is 12.4. The molecule has 0 radical (unpaired) electrons. The first kappa shape index (κ1) is 14.8. The van der Waals surface area contributed by atoms with Crippen LogP contribution in [0.1, 0.15) is 16.1 Å².